The molecule has 0 amide bonds. The van der Waals surface area contributed by atoms with Gasteiger partial charge in [0.15, 0.2) is 0 Å². The maximum atomic E-state index is 3.91. The molecule has 0 unspecified atom stereocenters. The van der Waals surface area contributed by atoms with Crippen molar-refractivity contribution >= 4 is 10.9 Å². The summed E-state index contributed by atoms with van der Waals surface area (Å²) in [6, 6.07) is 1.92. The molecule has 2 aromatic heterocycles. The maximum absolute atomic E-state index is 3.91. The summed E-state index contributed by atoms with van der Waals surface area (Å²) in [6.07, 6.45) is 6.52. The van der Waals surface area contributed by atoms with Crippen LogP contribution in [0.25, 0.3) is 10.9 Å². The first-order chi connectivity index (χ1) is 6.88. The van der Waals surface area contributed by atoms with Crippen molar-refractivity contribution < 1.29 is 1.43 Å². The standard InChI is InChI=1S/C6H5N3.C3H8.C2H6.H2/c1-2-7-4-6-5(1)3-8-9-6;1-3-2;1-2;/h1-4H,(H,8,9);3H2,1-2H3;1-2H3;1H. The van der Waals surface area contributed by atoms with E-state index in [1.165, 1.54) is 6.42 Å². The highest BCUT2D eigenvalue weighted by molar-refractivity contribution is 5.76. The minimum Gasteiger partial charge on any atom is -0.276 e. The predicted octanol–water partition coefficient (Wildman–Crippen LogP) is 3.65. The number of pyridine rings is 1. The number of rotatable bonds is 0. The predicted molar refractivity (Wildman–Crippen MR) is 63.3 cm³/mol. The Morgan fingerprint density at radius 1 is 1.29 bits per heavy atom. The highest BCUT2D eigenvalue weighted by atomic mass is 15.1. The smallest absolute Gasteiger partial charge is 0.0833 e. The van der Waals surface area contributed by atoms with Crippen molar-refractivity contribution in [2.75, 3.05) is 0 Å². The van der Waals surface area contributed by atoms with Gasteiger partial charge in [-0.05, 0) is 6.07 Å². The molecule has 3 nitrogen and oxygen atoms in total. The van der Waals surface area contributed by atoms with E-state index in [1.54, 1.807) is 18.6 Å². The highest BCUT2D eigenvalue weighted by Crippen LogP contribution is 2.04. The Bertz CT molecular complexity index is 303. The number of aromatic nitrogens is 3. The molecule has 0 aromatic carbocycles. The molecule has 2 heterocycles. The third kappa shape index (κ3) is 4.03. The topological polar surface area (TPSA) is 41.6 Å². The molecule has 0 aliphatic rings. The highest BCUT2D eigenvalue weighted by Gasteiger charge is 1.89. The maximum Gasteiger partial charge on any atom is 0.0833 e. The molecule has 1 N–H and O–H groups in total. The molecule has 0 aliphatic carbocycles. The summed E-state index contributed by atoms with van der Waals surface area (Å²) in [7, 11) is 0. The fraction of sp³-hybridized carbons (Fsp3) is 0.455. The van der Waals surface area contributed by atoms with E-state index < -0.39 is 0 Å². The fourth-order valence-electron chi connectivity index (χ4n) is 0.783. The SMILES string of the molecule is CC.CCC.[HH].c1cc2cn[nH]c2cn1. The van der Waals surface area contributed by atoms with Crippen LogP contribution in [0, 0.1) is 0 Å². The summed E-state index contributed by atoms with van der Waals surface area (Å²) in [4.78, 5) is 3.91. The quantitative estimate of drug-likeness (QED) is 0.697. The van der Waals surface area contributed by atoms with E-state index in [4.69, 9.17) is 0 Å². The molecule has 14 heavy (non-hydrogen) atoms. The second-order valence-corrected chi connectivity index (χ2v) is 2.54. The van der Waals surface area contributed by atoms with Crippen molar-refractivity contribution in [1.29, 1.82) is 0 Å². The van der Waals surface area contributed by atoms with E-state index >= 15 is 0 Å². The number of fused-ring (bicyclic) bond motifs is 1. The Morgan fingerprint density at radius 2 is 1.93 bits per heavy atom. The van der Waals surface area contributed by atoms with Gasteiger partial charge in [-0.3, -0.25) is 10.1 Å². The molecule has 80 valence electrons. The summed E-state index contributed by atoms with van der Waals surface area (Å²) >= 11 is 0. The van der Waals surface area contributed by atoms with Gasteiger partial charge in [0.05, 0.1) is 17.9 Å². The van der Waals surface area contributed by atoms with Crippen LogP contribution in [0.15, 0.2) is 24.7 Å². The van der Waals surface area contributed by atoms with E-state index in [0.29, 0.717) is 0 Å². The average molecular weight is 195 g/mol. The van der Waals surface area contributed by atoms with Crippen LogP contribution in [0.5, 0.6) is 0 Å². The first-order valence-corrected chi connectivity index (χ1v) is 5.11. The van der Waals surface area contributed by atoms with Crippen LogP contribution in [0.2, 0.25) is 0 Å². The Kier molecular flexibility index (Phi) is 7.42. The fourth-order valence-corrected chi connectivity index (χ4v) is 0.783. The van der Waals surface area contributed by atoms with Crippen LogP contribution < -0.4 is 0 Å². The zero-order valence-electron chi connectivity index (χ0n) is 9.41. The lowest BCUT2D eigenvalue weighted by Crippen LogP contribution is -1.69. The molecule has 2 rings (SSSR count). The van der Waals surface area contributed by atoms with Crippen molar-refractivity contribution in [2.45, 2.75) is 34.1 Å². The summed E-state index contributed by atoms with van der Waals surface area (Å²) in [5.74, 6) is 0. The van der Waals surface area contributed by atoms with Gasteiger partial charge in [0, 0.05) is 13.0 Å². The number of H-pyrrole nitrogens is 1. The first-order valence-electron chi connectivity index (χ1n) is 5.11. The molecule has 0 atom stereocenters. The van der Waals surface area contributed by atoms with E-state index in [2.05, 4.69) is 29.0 Å². The number of hydrogen-bond acceptors (Lipinski definition) is 2. The summed E-state index contributed by atoms with van der Waals surface area (Å²) in [5, 5.41) is 7.75. The van der Waals surface area contributed by atoms with Crippen LogP contribution >= 0.6 is 0 Å². The van der Waals surface area contributed by atoms with E-state index in [1.807, 2.05) is 19.9 Å². The number of aromatic amines is 1. The van der Waals surface area contributed by atoms with Crippen LogP contribution in [0.3, 0.4) is 0 Å². The lowest BCUT2D eigenvalue weighted by Gasteiger charge is -1.80. The van der Waals surface area contributed by atoms with Gasteiger partial charge in [0.1, 0.15) is 0 Å². The summed E-state index contributed by atoms with van der Waals surface area (Å²) < 4.78 is 0. The molecule has 0 saturated carbocycles. The molecule has 0 radical (unpaired) electrons. The second-order valence-electron chi connectivity index (χ2n) is 2.54. The van der Waals surface area contributed by atoms with Gasteiger partial charge in [-0.2, -0.15) is 5.10 Å². The molecule has 0 fully saturated rings. The van der Waals surface area contributed by atoms with Crippen molar-refractivity contribution in [2.24, 2.45) is 0 Å². The van der Waals surface area contributed by atoms with Gasteiger partial charge in [0.2, 0.25) is 0 Å². The van der Waals surface area contributed by atoms with Gasteiger partial charge >= 0.3 is 0 Å². The lowest BCUT2D eigenvalue weighted by atomic mass is 10.3. The van der Waals surface area contributed by atoms with Crippen LogP contribution in [-0.2, 0) is 0 Å². The molecule has 0 saturated heterocycles. The van der Waals surface area contributed by atoms with Crippen molar-refractivity contribution in [1.82, 2.24) is 15.2 Å². The van der Waals surface area contributed by atoms with Gasteiger partial charge in [0.25, 0.3) is 0 Å². The Morgan fingerprint density at radius 3 is 2.50 bits per heavy atom. The van der Waals surface area contributed by atoms with Gasteiger partial charge in [-0.1, -0.05) is 34.1 Å². The summed E-state index contributed by atoms with van der Waals surface area (Å²) in [6.45, 7) is 8.25. The largest absolute Gasteiger partial charge is 0.276 e. The zero-order valence-corrected chi connectivity index (χ0v) is 9.41. The van der Waals surface area contributed by atoms with Crippen molar-refractivity contribution in [3.8, 4) is 0 Å². The molecular formula is C11H21N3. The third-order valence-corrected chi connectivity index (χ3v) is 1.24. The van der Waals surface area contributed by atoms with E-state index in [0.717, 1.165) is 10.9 Å². The number of nitrogens with zero attached hydrogens (tertiary/aromatic N) is 2. The second kappa shape index (κ2) is 8.23. The number of nitrogens with one attached hydrogen (secondary N) is 1. The summed E-state index contributed by atoms with van der Waals surface area (Å²) in [5.41, 5.74) is 0.984. The average Bonchev–Trinajstić information content (AvgIpc) is 2.69. The first kappa shape index (κ1) is 12.6. The molecule has 3 heteroatoms. The molecule has 2 aromatic rings. The van der Waals surface area contributed by atoms with Crippen LogP contribution in [-0.4, -0.2) is 15.2 Å². The molecular weight excluding hydrogens is 174 g/mol. The van der Waals surface area contributed by atoms with Crippen molar-refractivity contribution in [3.63, 3.8) is 0 Å². The minimum atomic E-state index is 0. The minimum absolute atomic E-state index is 0. The molecule has 0 aliphatic heterocycles. The number of hydrogen-bond donors (Lipinski definition) is 1. The Hall–Kier alpha value is -1.38. The Labute approximate surface area is 87.1 Å². The Balaban J connectivity index is 0. The van der Waals surface area contributed by atoms with Crippen molar-refractivity contribution in [3.05, 3.63) is 24.7 Å². The van der Waals surface area contributed by atoms with E-state index in [-0.39, 0.29) is 1.43 Å². The van der Waals surface area contributed by atoms with Gasteiger partial charge in [-0.25, -0.2) is 0 Å². The van der Waals surface area contributed by atoms with Crippen LogP contribution in [0.1, 0.15) is 35.5 Å². The zero-order chi connectivity index (χ0) is 10.8. The van der Waals surface area contributed by atoms with Crippen LogP contribution in [0.4, 0.5) is 0 Å². The normalized spacial score (nSPS) is 8.29. The lowest BCUT2D eigenvalue weighted by molar-refractivity contribution is 1.09. The molecule has 0 bridgehead atoms. The third-order valence-electron chi connectivity index (χ3n) is 1.24. The van der Waals surface area contributed by atoms with E-state index in [9.17, 15) is 0 Å². The van der Waals surface area contributed by atoms with Gasteiger partial charge in [-0.15, -0.1) is 0 Å². The monoisotopic (exact) mass is 195 g/mol. The molecule has 0 spiro atoms. The van der Waals surface area contributed by atoms with Gasteiger partial charge < -0.3 is 0 Å².